The van der Waals surface area contributed by atoms with Crippen molar-refractivity contribution in [2.24, 2.45) is 0 Å². The smallest absolute Gasteiger partial charge is 0.307 e. The van der Waals surface area contributed by atoms with Crippen molar-refractivity contribution in [2.45, 2.75) is 37.2 Å². The number of alkyl halides is 3. The lowest BCUT2D eigenvalue weighted by Gasteiger charge is -2.15. The van der Waals surface area contributed by atoms with Crippen molar-refractivity contribution >= 4 is 40.3 Å². The van der Waals surface area contributed by atoms with E-state index in [0.29, 0.717) is 11.1 Å². The van der Waals surface area contributed by atoms with Gasteiger partial charge in [-0.1, -0.05) is 47.7 Å². The molecule has 1 aromatic heterocycles. The number of thioether (sulfide) groups is 1. The van der Waals surface area contributed by atoms with Crippen LogP contribution in [0.5, 0.6) is 0 Å². The second-order valence-electron chi connectivity index (χ2n) is 6.89. The molecule has 2 N–H and O–H groups in total. The lowest BCUT2D eigenvalue weighted by molar-refractivity contribution is -0.145. The van der Waals surface area contributed by atoms with E-state index in [2.05, 4.69) is 20.6 Å². The summed E-state index contributed by atoms with van der Waals surface area (Å²) >= 11 is 0.822. The van der Waals surface area contributed by atoms with Crippen LogP contribution in [-0.2, 0) is 11.0 Å². The van der Waals surface area contributed by atoms with Gasteiger partial charge in [0.05, 0.1) is 10.8 Å². The van der Waals surface area contributed by atoms with Crippen LogP contribution in [0.1, 0.15) is 23.9 Å². The van der Waals surface area contributed by atoms with Gasteiger partial charge in [-0.15, -0.1) is 0 Å². The summed E-state index contributed by atoms with van der Waals surface area (Å²) in [5, 5.41) is 4.31. The Morgan fingerprint density at radius 3 is 2.45 bits per heavy atom. The second-order valence-corrected chi connectivity index (χ2v) is 8.22. The minimum Gasteiger partial charge on any atom is -0.307 e. The van der Waals surface area contributed by atoms with E-state index in [9.17, 15) is 22.8 Å². The van der Waals surface area contributed by atoms with Gasteiger partial charge in [0.25, 0.3) is 0 Å². The van der Waals surface area contributed by atoms with Crippen molar-refractivity contribution < 1.29 is 22.8 Å². The summed E-state index contributed by atoms with van der Waals surface area (Å²) in [7, 11) is 0. The molecule has 3 aromatic rings. The van der Waals surface area contributed by atoms with Crippen LogP contribution in [0.3, 0.4) is 0 Å². The summed E-state index contributed by atoms with van der Waals surface area (Å²) in [4.78, 5) is 31.8. The molecule has 31 heavy (non-hydrogen) atoms. The molecule has 162 valence electrons. The summed E-state index contributed by atoms with van der Waals surface area (Å²) in [5.41, 5.74) is 2.53. The number of rotatable bonds is 4. The Hall–Kier alpha value is -3.14. The van der Waals surface area contributed by atoms with E-state index in [1.54, 1.807) is 24.3 Å². The van der Waals surface area contributed by atoms with Crippen LogP contribution in [0, 0.1) is 13.8 Å². The van der Waals surface area contributed by atoms with Crippen molar-refractivity contribution in [2.75, 3.05) is 5.32 Å². The molecular weight excluding hydrogens is 429 g/mol. The fourth-order valence-electron chi connectivity index (χ4n) is 2.81. The van der Waals surface area contributed by atoms with Crippen LogP contribution in [0.4, 0.5) is 23.7 Å². The number of hydrogen-bond donors (Lipinski definition) is 2. The minimum absolute atomic E-state index is 0.00959. The largest absolute Gasteiger partial charge is 0.451 e. The summed E-state index contributed by atoms with van der Waals surface area (Å²) in [6.07, 6.45) is -4.73. The van der Waals surface area contributed by atoms with Crippen LogP contribution >= 0.6 is 11.8 Å². The minimum atomic E-state index is -4.73. The average Bonchev–Trinajstić information content (AvgIpc) is 2.69. The van der Waals surface area contributed by atoms with Gasteiger partial charge in [-0.2, -0.15) is 13.2 Å². The third-order valence-corrected chi connectivity index (χ3v) is 5.45. The first-order chi connectivity index (χ1) is 14.5. The Kier molecular flexibility index (Phi) is 6.49. The lowest BCUT2D eigenvalue weighted by Crippen LogP contribution is -2.39. The van der Waals surface area contributed by atoms with E-state index < -0.39 is 29.2 Å². The van der Waals surface area contributed by atoms with E-state index >= 15 is 0 Å². The molecule has 1 atom stereocenters. The van der Waals surface area contributed by atoms with Crippen LogP contribution in [-0.4, -0.2) is 27.2 Å². The highest BCUT2D eigenvalue weighted by Crippen LogP contribution is 2.33. The van der Waals surface area contributed by atoms with E-state index in [1.165, 1.54) is 13.0 Å². The number of aromatic nitrogens is 2. The number of carbonyl (C=O) groups excluding carboxylic acids is 2. The fourth-order valence-corrected chi connectivity index (χ4v) is 3.75. The number of halogens is 3. The van der Waals surface area contributed by atoms with E-state index in [0.717, 1.165) is 22.9 Å². The molecule has 0 bridgehead atoms. The number of imide groups is 1. The molecule has 0 radical (unpaired) electrons. The van der Waals surface area contributed by atoms with Gasteiger partial charge in [-0.05, 0) is 38.5 Å². The third-order valence-electron chi connectivity index (χ3n) is 4.35. The Morgan fingerprint density at radius 1 is 1.06 bits per heavy atom. The monoisotopic (exact) mass is 448 g/mol. The van der Waals surface area contributed by atoms with Gasteiger partial charge in [0, 0.05) is 11.1 Å². The van der Waals surface area contributed by atoms with Gasteiger partial charge in [0.15, 0.2) is 0 Å². The average molecular weight is 448 g/mol. The number of carbonyl (C=O) groups is 2. The first-order valence-electron chi connectivity index (χ1n) is 9.24. The second kappa shape index (κ2) is 8.93. The van der Waals surface area contributed by atoms with Gasteiger partial charge in [0.1, 0.15) is 5.03 Å². The molecule has 0 saturated carbocycles. The molecule has 2 aromatic carbocycles. The zero-order chi connectivity index (χ0) is 22.8. The maximum Gasteiger partial charge on any atom is 0.451 e. The Morgan fingerprint density at radius 2 is 1.77 bits per heavy atom. The molecule has 0 aliphatic carbocycles. The number of aryl methyl sites for hydroxylation is 2. The molecule has 0 unspecified atom stereocenters. The molecule has 0 spiro atoms. The zero-order valence-corrected chi connectivity index (χ0v) is 17.7. The van der Waals surface area contributed by atoms with Gasteiger partial charge in [0.2, 0.25) is 11.7 Å². The Labute approximate surface area is 180 Å². The number of hydrogen-bond acceptors (Lipinski definition) is 5. The highest BCUT2D eigenvalue weighted by atomic mass is 32.2. The molecule has 1 heterocycles. The van der Waals surface area contributed by atoms with Gasteiger partial charge in [-0.25, -0.2) is 14.8 Å². The topological polar surface area (TPSA) is 84.0 Å². The Bertz CT molecular complexity index is 1150. The van der Waals surface area contributed by atoms with Crippen LogP contribution in [0.25, 0.3) is 10.9 Å². The molecule has 0 aliphatic rings. The lowest BCUT2D eigenvalue weighted by atomic mass is 10.1. The van der Waals surface area contributed by atoms with E-state index in [4.69, 9.17) is 0 Å². The molecule has 0 fully saturated rings. The molecular formula is C21H19F3N4O2S. The SMILES string of the molecule is Cc1ccc(NC(=O)NC(=O)[C@H](C)Sc2nc(C(F)(F)F)nc3ccccc23)c(C)c1. The van der Waals surface area contributed by atoms with E-state index in [1.807, 2.05) is 26.0 Å². The number of nitrogens with one attached hydrogen (secondary N) is 2. The quantitative estimate of drug-likeness (QED) is 0.429. The predicted octanol–water partition coefficient (Wildman–Crippen LogP) is 5.09. The first kappa shape index (κ1) is 22.5. The van der Waals surface area contributed by atoms with E-state index in [-0.39, 0.29) is 10.5 Å². The number of benzene rings is 2. The maximum atomic E-state index is 13.2. The Balaban J connectivity index is 1.74. The fraction of sp³-hybridized carbons (Fsp3) is 0.238. The van der Waals surface area contributed by atoms with Crippen molar-refractivity contribution in [3.8, 4) is 0 Å². The molecule has 0 saturated heterocycles. The number of amides is 3. The van der Waals surface area contributed by atoms with Gasteiger partial charge >= 0.3 is 12.2 Å². The number of anilines is 1. The van der Waals surface area contributed by atoms with Crippen molar-refractivity contribution in [1.29, 1.82) is 0 Å². The van der Waals surface area contributed by atoms with Crippen molar-refractivity contribution in [3.05, 3.63) is 59.4 Å². The van der Waals surface area contributed by atoms with Crippen LogP contribution in [0.2, 0.25) is 0 Å². The van der Waals surface area contributed by atoms with Crippen molar-refractivity contribution in [1.82, 2.24) is 15.3 Å². The maximum absolute atomic E-state index is 13.2. The predicted molar refractivity (Wildman–Crippen MR) is 113 cm³/mol. The molecule has 0 aliphatic heterocycles. The third kappa shape index (κ3) is 5.52. The normalized spacial score (nSPS) is 12.5. The van der Waals surface area contributed by atoms with Crippen LogP contribution in [0.15, 0.2) is 47.5 Å². The molecule has 10 heteroatoms. The van der Waals surface area contributed by atoms with Gasteiger partial charge < -0.3 is 5.32 Å². The number of nitrogens with zero attached hydrogens (tertiary/aromatic N) is 2. The number of fused-ring (bicyclic) bond motifs is 1. The van der Waals surface area contributed by atoms with Crippen LogP contribution < -0.4 is 10.6 Å². The summed E-state index contributed by atoms with van der Waals surface area (Å²) in [6, 6.07) is 10.9. The summed E-state index contributed by atoms with van der Waals surface area (Å²) in [5.74, 6) is -1.95. The molecule has 3 amide bonds. The highest BCUT2D eigenvalue weighted by molar-refractivity contribution is 8.00. The van der Waals surface area contributed by atoms with Gasteiger partial charge in [-0.3, -0.25) is 10.1 Å². The zero-order valence-electron chi connectivity index (χ0n) is 16.9. The summed E-state index contributed by atoms with van der Waals surface area (Å²) < 4.78 is 39.5. The summed E-state index contributed by atoms with van der Waals surface area (Å²) in [6.45, 7) is 5.22. The first-order valence-corrected chi connectivity index (χ1v) is 10.1. The number of urea groups is 1. The molecule has 6 nitrogen and oxygen atoms in total. The number of para-hydroxylation sites is 1. The molecule has 3 rings (SSSR count). The standard InChI is InChI=1S/C21H19F3N4O2S/c1-11-8-9-15(12(2)10-11)26-20(30)27-17(29)13(3)31-18-14-6-4-5-7-16(14)25-19(28-18)21(22,23)24/h4-10,13H,1-3H3,(H2,26,27,29,30)/t13-/m0/s1. The highest BCUT2D eigenvalue weighted by Gasteiger charge is 2.36. The van der Waals surface area contributed by atoms with Crippen molar-refractivity contribution in [3.63, 3.8) is 0 Å².